The highest BCUT2D eigenvalue weighted by Gasteiger charge is 2.11. The van der Waals surface area contributed by atoms with Gasteiger partial charge in [-0.2, -0.15) is 4.37 Å². The minimum atomic E-state index is -0.326. The normalized spacial score (nSPS) is 10.4. The van der Waals surface area contributed by atoms with Crippen molar-refractivity contribution in [1.82, 2.24) is 9.36 Å². The lowest BCUT2D eigenvalue weighted by atomic mass is 10.1. The van der Waals surface area contributed by atoms with Gasteiger partial charge in [0.2, 0.25) is 5.13 Å². The minimum Gasteiger partial charge on any atom is -0.363 e. The van der Waals surface area contributed by atoms with E-state index in [0.717, 1.165) is 0 Å². The second kappa shape index (κ2) is 4.76. The van der Waals surface area contributed by atoms with Crippen LogP contribution in [-0.2, 0) is 6.42 Å². The van der Waals surface area contributed by atoms with E-state index in [1.54, 1.807) is 19.2 Å². The van der Waals surface area contributed by atoms with Gasteiger partial charge in [0, 0.05) is 35.6 Å². The molecule has 0 unspecified atom stereocenters. The predicted molar refractivity (Wildman–Crippen MR) is 63.7 cm³/mol. The molecule has 0 saturated carbocycles. The summed E-state index contributed by atoms with van der Waals surface area (Å²) in [6.07, 6.45) is 0.309. The van der Waals surface area contributed by atoms with Gasteiger partial charge in [-0.1, -0.05) is 17.7 Å². The maximum atomic E-state index is 13.5. The number of anilines is 1. The second-order valence-electron chi connectivity index (χ2n) is 3.14. The molecule has 0 bridgehead atoms. The quantitative estimate of drug-likeness (QED) is 0.919. The Bertz CT molecular complexity index is 480. The van der Waals surface area contributed by atoms with Gasteiger partial charge in [-0.05, 0) is 12.1 Å². The van der Waals surface area contributed by atoms with E-state index in [-0.39, 0.29) is 5.82 Å². The number of nitrogens with one attached hydrogen (secondary N) is 1. The second-order valence-corrected chi connectivity index (χ2v) is 4.30. The zero-order valence-corrected chi connectivity index (χ0v) is 10.1. The van der Waals surface area contributed by atoms with Crippen molar-refractivity contribution >= 4 is 28.3 Å². The summed E-state index contributed by atoms with van der Waals surface area (Å²) in [7, 11) is 1.76. The van der Waals surface area contributed by atoms with Crippen LogP contribution in [-0.4, -0.2) is 16.4 Å². The summed E-state index contributed by atoms with van der Waals surface area (Å²) in [5, 5.41) is 3.99. The molecule has 0 fully saturated rings. The van der Waals surface area contributed by atoms with E-state index in [1.807, 2.05) is 0 Å². The van der Waals surface area contributed by atoms with Gasteiger partial charge in [0.1, 0.15) is 11.6 Å². The third-order valence-corrected chi connectivity index (χ3v) is 3.20. The van der Waals surface area contributed by atoms with Crippen molar-refractivity contribution in [3.63, 3.8) is 0 Å². The monoisotopic (exact) mass is 257 g/mol. The van der Waals surface area contributed by atoms with E-state index in [9.17, 15) is 4.39 Å². The van der Waals surface area contributed by atoms with Crippen LogP contribution in [0.1, 0.15) is 11.4 Å². The van der Waals surface area contributed by atoms with E-state index < -0.39 is 0 Å². The SMILES string of the molecule is CNc1nc(Cc2c(F)cccc2Cl)ns1. The van der Waals surface area contributed by atoms with Crippen molar-refractivity contribution in [3.8, 4) is 0 Å². The van der Waals surface area contributed by atoms with Crippen LogP contribution in [0.5, 0.6) is 0 Å². The summed E-state index contributed by atoms with van der Waals surface area (Å²) in [6.45, 7) is 0. The van der Waals surface area contributed by atoms with Gasteiger partial charge in [0.25, 0.3) is 0 Å². The summed E-state index contributed by atoms with van der Waals surface area (Å²) in [4.78, 5) is 4.18. The average molecular weight is 258 g/mol. The molecule has 0 aliphatic carbocycles. The van der Waals surface area contributed by atoms with Crippen LogP contribution in [0.3, 0.4) is 0 Å². The van der Waals surface area contributed by atoms with Crippen molar-refractivity contribution < 1.29 is 4.39 Å². The molecule has 0 aliphatic heterocycles. The van der Waals surface area contributed by atoms with E-state index in [1.165, 1.54) is 17.6 Å². The fraction of sp³-hybridized carbons (Fsp3) is 0.200. The molecule has 0 atom stereocenters. The first kappa shape index (κ1) is 11.3. The summed E-state index contributed by atoms with van der Waals surface area (Å²) < 4.78 is 17.6. The fourth-order valence-corrected chi connectivity index (χ4v) is 2.05. The molecule has 6 heteroatoms. The van der Waals surface area contributed by atoms with Crippen molar-refractivity contribution in [2.45, 2.75) is 6.42 Å². The van der Waals surface area contributed by atoms with Gasteiger partial charge in [-0.3, -0.25) is 0 Å². The zero-order chi connectivity index (χ0) is 11.5. The number of benzene rings is 1. The highest BCUT2D eigenvalue weighted by Crippen LogP contribution is 2.22. The zero-order valence-electron chi connectivity index (χ0n) is 8.50. The molecule has 1 aromatic carbocycles. The first-order chi connectivity index (χ1) is 7.70. The molecule has 0 amide bonds. The van der Waals surface area contributed by atoms with Gasteiger partial charge in [0.05, 0.1) is 0 Å². The molecule has 16 heavy (non-hydrogen) atoms. The first-order valence-corrected chi connectivity index (χ1v) is 5.79. The Hall–Kier alpha value is -1.20. The standard InChI is InChI=1S/C10H9ClFN3S/c1-13-10-14-9(15-16-10)5-6-7(11)3-2-4-8(6)12/h2-4H,5H2,1H3,(H,13,14,15). The number of hydrogen-bond acceptors (Lipinski definition) is 4. The summed E-state index contributed by atoms with van der Waals surface area (Å²) in [6, 6.07) is 4.62. The Kier molecular flexibility index (Phi) is 3.36. The number of halogens is 2. The topological polar surface area (TPSA) is 37.8 Å². The number of nitrogens with zero attached hydrogens (tertiary/aromatic N) is 2. The van der Waals surface area contributed by atoms with Crippen LogP contribution in [0.4, 0.5) is 9.52 Å². The Morgan fingerprint density at radius 2 is 2.31 bits per heavy atom. The third-order valence-electron chi connectivity index (χ3n) is 2.08. The molecular formula is C10H9ClFN3S. The van der Waals surface area contributed by atoms with Crippen LogP contribution in [0.2, 0.25) is 5.02 Å². The Morgan fingerprint density at radius 3 is 2.94 bits per heavy atom. The Balaban J connectivity index is 2.26. The van der Waals surface area contributed by atoms with Crippen molar-refractivity contribution in [3.05, 3.63) is 40.4 Å². The van der Waals surface area contributed by atoms with E-state index in [0.29, 0.717) is 28.0 Å². The van der Waals surface area contributed by atoms with Gasteiger partial charge >= 0.3 is 0 Å². The number of aromatic nitrogens is 2. The largest absolute Gasteiger partial charge is 0.363 e. The predicted octanol–water partition coefficient (Wildman–Crippen LogP) is 2.96. The Morgan fingerprint density at radius 1 is 1.50 bits per heavy atom. The molecule has 1 aromatic heterocycles. The van der Waals surface area contributed by atoms with Crippen LogP contribution < -0.4 is 5.32 Å². The van der Waals surface area contributed by atoms with Crippen LogP contribution >= 0.6 is 23.1 Å². The molecule has 3 nitrogen and oxygen atoms in total. The lowest BCUT2D eigenvalue weighted by Gasteiger charge is -2.02. The minimum absolute atomic E-state index is 0.309. The molecule has 1 heterocycles. The van der Waals surface area contributed by atoms with Gasteiger partial charge in [0.15, 0.2) is 0 Å². The van der Waals surface area contributed by atoms with Gasteiger partial charge < -0.3 is 5.32 Å². The molecule has 84 valence electrons. The molecule has 2 rings (SSSR count). The van der Waals surface area contributed by atoms with Crippen molar-refractivity contribution in [2.75, 3.05) is 12.4 Å². The lowest BCUT2D eigenvalue weighted by Crippen LogP contribution is -1.96. The highest BCUT2D eigenvalue weighted by molar-refractivity contribution is 7.09. The fourth-order valence-electron chi connectivity index (χ4n) is 1.29. The summed E-state index contributed by atoms with van der Waals surface area (Å²) in [5.74, 6) is 0.245. The molecule has 0 radical (unpaired) electrons. The van der Waals surface area contributed by atoms with E-state index in [2.05, 4.69) is 14.7 Å². The molecule has 0 aliphatic rings. The average Bonchev–Trinajstić information content (AvgIpc) is 2.71. The number of rotatable bonds is 3. The summed E-state index contributed by atoms with van der Waals surface area (Å²) >= 11 is 7.16. The van der Waals surface area contributed by atoms with Gasteiger partial charge in [-0.25, -0.2) is 9.37 Å². The van der Waals surface area contributed by atoms with Crippen LogP contribution in [0.15, 0.2) is 18.2 Å². The maximum Gasteiger partial charge on any atom is 0.202 e. The summed E-state index contributed by atoms with van der Waals surface area (Å²) in [5.41, 5.74) is 0.435. The number of hydrogen-bond donors (Lipinski definition) is 1. The molecule has 0 spiro atoms. The van der Waals surface area contributed by atoms with E-state index in [4.69, 9.17) is 11.6 Å². The lowest BCUT2D eigenvalue weighted by molar-refractivity contribution is 0.612. The van der Waals surface area contributed by atoms with Crippen LogP contribution in [0, 0.1) is 5.82 Å². The molecular weight excluding hydrogens is 249 g/mol. The third kappa shape index (κ3) is 2.31. The van der Waals surface area contributed by atoms with Crippen molar-refractivity contribution in [2.24, 2.45) is 0 Å². The highest BCUT2D eigenvalue weighted by atomic mass is 35.5. The maximum absolute atomic E-state index is 13.5. The molecule has 2 aromatic rings. The van der Waals surface area contributed by atoms with Crippen molar-refractivity contribution in [1.29, 1.82) is 0 Å². The first-order valence-electron chi connectivity index (χ1n) is 4.64. The van der Waals surface area contributed by atoms with Crippen LogP contribution in [0.25, 0.3) is 0 Å². The molecule has 1 N–H and O–H groups in total. The van der Waals surface area contributed by atoms with E-state index >= 15 is 0 Å². The Labute approximate surface area is 101 Å². The smallest absolute Gasteiger partial charge is 0.202 e. The van der Waals surface area contributed by atoms with Gasteiger partial charge in [-0.15, -0.1) is 0 Å². The molecule has 0 saturated heterocycles.